The molecule has 0 N–H and O–H groups in total. The lowest BCUT2D eigenvalue weighted by Gasteiger charge is -2.35. The fraction of sp³-hybridized carbons (Fsp3) is 0.633. The highest BCUT2D eigenvalue weighted by Gasteiger charge is 2.47. The number of likely N-dealkylation sites (tertiary alicyclic amines) is 4. The van der Waals surface area contributed by atoms with Crippen LogP contribution in [-0.2, 0) is 35.3 Å². The molecule has 41 heavy (non-hydrogen) atoms. The second-order valence-corrected chi connectivity index (χ2v) is 11.2. The van der Waals surface area contributed by atoms with Gasteiger partial charge in [0.15, 0.2) is 0 Å². The van der Waals surface area contributed by atoms with Gasteiger partial charge in [0.1, 0.15) is 30.8 Å². The molecule has 4 aliphatic heterocycles. The molecule has 0 radical (unpaired) electrons. The van der Waals surface area contributed by atoms with Crippen LogP contribution in [0.3, 0.4) is 0 Å². The Balaban J connectivity index is 1.23. The van der Waals surface area contributed by atoms with E-state index in [0.717, 1.165) is 5.56 Å². The van der Waals surface area contributed by atoms with Crippen LogP contribution in [0.25, 0.3) is 0 Å². The van der Waals surface area contributed by atoms with Gasteiger partial charge in [-0.1, -0.05) is 30.3 Å². The van der Waals surface area contributed by atoms with Crippen molar-refractivity contribution in [3.05, 3.63) is 35.9 Å². The standard InChI is InChI=1S/C30H40N4O7/c1-2-40-29(38)25-15-9-18-33(25)27(36)23-13-7-16-31(23)26(35)22-12-6-17-32(22)28(37)24-14-8-19-34(24)30(39)41-20-21-10-4-3-5-11-21/h3-5,10-11,22-25H,2,6-9,12-20H2,1H3/t22-,23-,24-,25-/m0/s1. The molecule has 0 bridgehead atoms. The zero-order valence-corrected chi connectivity index (χ0v) is 23.7. The fourth-order valence-corrected chi connectivity index (χ4v) is 6.71. The Hall–Kier alpha value is -3.63. The molecular weight excluding hydrogens is 528 g/mol. The molecule has 11 heteroatoms. The van der Waals surface area contributed by atoms with Gasteiger partial charge in [0, 0.05) is 26.2 Å². The van der Waals surface area contributed by atoms with Gasteiger partial charge in [-0.25, -0.2) is 9.59 Å². The first-order valence-electron chi connectivity index (χ1n) is 15.0. The van der Waals surface area contributed by atoms with E-state index >= 15 is 0 Å². The molecule has 4 heterocycles. The minimum absolute atomic E-state index is 0.125. The third kappa shape index (κ3) is 6.04. The van der Waals surface area contributed by atoms with E-state index in [0.29, 0.717) is 77.5 Å². The number of hydrogen-bond acceptors (Lipinski definition) is 7. The van der Waals surface area contributed by atoms with Crippen molar-refractivity contribution in [1.29, 1.82) is 0 Å². The van der Waals surface area contributed by atoms with Gasteiger partial charge < -0.3 is 24.2 Å². The average molecular weight is 569 g/mol. The van der Waals surface area contributed by atoms with Crippen molar-refractivity contribution >= 4 is 29.8 Å². The fourth-order valence-electron chi connectivity index (χ4n) is 6.71. The molecular formula is C30H40N4O7. The summed E-state index contributed by atoms with van der Waals surface area (Å²) in [6.07, 6.45) is 4.35. The molecule has 5 rings (SSSR count). The van der Waals surface area contributed by atoms with Gasteiger partial charge >= 0.3 is 12.1 Å². The van der Waals surface area contributed by atoms with Gasteiger partial charge in [0.2, 0.25) is 17.7 Å². The number of hydrogen-bond donors (Lipinski definition) is 0. The third-order valence-electron chi connectivity index (χ3n) is 8.71. The summed E-state index contributed by atoms with van der Waals surface area (Å²) in [4.78, 5) is 72.8. The van der Waals surface area contributed by atoms with E-state index < -0.39 is 36.2 Å². The molecule has 4 aliphatic rings. The molecule has 0 aromatic heterocycles. The van der Waals surface area contributed by atoms with Gasteiger partial charge in [-0.15, -0.1) is 0 Å². The summed E-state index contributed by atoms with van der Waals surface area (Å²) in [5.74, 6) is -1.08. The maximum Gasteiger partial charge on any atom is 0.410 e. The smallest absolute Gasteiger partial charge is 0.410 e. The molecule has 4 saturated heterocycles. The number of nitrogens with zero attached hydrogens (tertiary/aromatic N) is 4. The molecule has 0 aliphatic carbocycles. The highest BCUT2D eigenvalue weighted by atomic mass is 16.6. The molecule has 0 spiro atoms. The highest BCUT2D eigenvalue weighted by Crippen LogP contribution is 2.30. The molecule has 0 unspecified atom stereocenters. The van der Waals surface area contributed by atoms with Crippen LogP contribution in [0.15, 0.2) is 30.3 Å². The van der Waals surface area contributed by atoms with Crippen LogP contribution in [0.2, 0.25) is 0 Å². The van der Waals surface area contributed by atoms with Gasteiger partial charge in [-0.05, 0) is 63.9 Å². The van der Waals surface area contributed by atoms with Crippen LogP contribution >= 0.6 is 0 Å². The van der Waals surface area contributed by atoms with Crippen molar-refractivity contribution in [3.63, 3.8) is 0 Å². The van der Waals surface area contributed by atoms with Crippen LogP contribution in [0, 0.1) is 0 Å². The van der Waals surface area contributed by atoms with Crippen molar-refractivity contribution in [3.8, 4) is 0 Å². The number of esters is 1. The van der Waals surface area contributed by atoms with E-state index in [1.54, 1.807) is 21.6 Å². The SMILES string of the molecule is CCOC(=O)[C@@H]1CCCN1C(=O)[C@@H]1CCCN1C(=O)[C@@H]1CCCN1C(=O)[C@@H]1CCCN1C(=O)OCc1ccccc1. The first kappa shape index (κ1) is 28.9. The summed E-state index contributed by atoms with van der Waals surface area (Å²) in [6.45, 7) is 3.88. The molecule has 4 atom stereocenters. The zero-order chi connectivity index (χ0) is 28.9. The van der Waals surface area contributed by atoms with Crippen molar-refractivity contribution in [2.75, 3.05) is 32.8 Å². The topological polar surface area (TPSA) is 117 Å². The Morgan fingerprint density at radius 1 is 0.634 bits per heavy atom. The summed E-state index contributed by atoms with van der Waals surface area (Å²) in [7, 11) is 0. The van der Waals surface area contributed by atoms with Gasteiger partial charge in [-0.2, -0.15) is 0 Å². The van der Waals surface area contributed by atoms with Crippen LogP contribution in [0.4, 0.5) is 4.79 Å². The number of rotatable bonds is 7. The van der Waals surface area contributed by atoms with E-state index in [9.17, 15) is 24.0 Å². The molecule has 1 aromatic rings. The predicted molar refractivity (Wildman–Crippen MR) is 147 cm³/mol. The Bertz CT molecular complexity index is 1140. The average Bonchev–Trinajstić information content (AvgIpc) is 3.81. The van der Waals surface area contributed by atoms with Gasteiger partial charge in [0.25, 0.3) is 0 Å². The Morgan fingerprint density at radius 3 is 1.59 bits per heavy atom. The maximum atomic E-state index is 13.9. The third-order valence-corrected chi connectivity index (χ3v) is 8.71. The highest BCUT2D eigenvalue weighted by molar-refractivity contribution is 5.95. The number of carbonyl (C=O) groups is 5. The second kappa shape index (κ2) is 12.9. The molecule has 11 nitrogen and oxygen atoms in total. The monoisotopic (exact) mass is 568 g/mol. The lowest BCUT2D eigenvalue weighted by atomic mass is 10.1. The second-order valence-electron chi connectivity index (χ2n) is 11.2. The van der Waals surface area contributed by atoms with Crippen LogP contribution < -0.4 is 0 Å². The van der Waals surface area contributed by atoms with Crippen molar-refractivity contribution in [1.82, 2.24) is 19.6 Å². The molecule has 1 aromatic carbocycles. The first-order chi connectivity index (χ1) is 19.9. The van der Waals surface area contributed by atoms with Crippen LogP contribution in [-0.4, -0.2) is 106 Å². The number of amides is 4. The van der Waals surface area contributed by atoms with E-state index in [4.69, 9.17) is 9.47 Å². The quantitative estimate of drug-likeness (QED) is 0.464. The summed E-state index contributed by atoms with van der Waals surface area (Å²) in [6, 6.07) is 6.79. The lowest BCUT2D eigenvalue weighted by Crippen LogP contribution is -2.56. The molecule has 0 saturated carbocycles. The van der Waals surface area contributed by atoms with Gasteiger partial charge in [0.05, 0.1) is 6.61 Å². The summed E-state index contributed by atoms with van der Waals surface area (Å²) in [5.41, 5.74) is 0.866. The van der Waals surface area contributed by atoms with Crippen LogP contribution in [0.1, 0.15) is 63.9 Å². The van der Waals surface area contributed by atoms with Crippen molar-refractivity contribution in [2.45, 2.75) is 89.1 Å². The zero-order valence-electron chi connectivity index (χ0n) is 23.7. The minimum Gasteiger partial charge on any atom is -0.464 e. The molecule has 222 valence electrons. The molecule has 4 amide bonds. The summed E-state index contributed by atoms with van der Waals surface area (Å²) < 4.78 is 10.7. The van der Waals surface area contributed by atoms with E-state index in [1.807, 2.05) is 30.3 Å². The predicted octanol–water partition coefficient (Wildman–Crippen LogP) is 2.32. The Kier molecular flexibility index (Phi) is 9.09. The first-order valence-corrected chi connectivity index (χ1v) is 15.0. The minimum atomic E-state index is -0.669. The van der Waals surface area contributed by atoms with E-state index in [2.05, 4.69) is 0 Å². The Morgan fingerprint density at radius 2 is 1.07 bits per heavy atom. The number of carbonyl (C=O) groups excluding carboxylic acids is 5. The van der Waals surface area contributed by atoms with Crippen molar-refractivity contribution < 1.29 is 33.4 Å². The number of ether oxygens (including phenoxy) is 2. The van der Waals surface area contributed by atoms with Crippen LogP contribution in [0.5, 0.6) is 0 Å². The normalized spacial score (nSPS) is 26.0. The molecule has 4 fully saturated rings. The summed E-state index contributed by atoms with van der Waals surface area (Å²) in [5, 5.41) is 0. The maximum absolute atomic E-state index is 13.9. The lowest BCUT2D eigenvalue weighted by molar-refractivity contribution is -0.156. The van der Waals surface area contributed by atoms with Crippen molar-refractivity contribution in [2.24, 2.45) is 0 Å². The largest absolute Gasteiger partial charge is 0.464 e. The number of benzene rings is 1. The summed E-state index contributed by atoms with van der Waals surface area (Å²) >= 11 is 0. The van der Waals surface area contributed by atoms with E-state index in [1.165, 1.54) is 4.90 Å². The Labute approximate surface area is 240 Å². The van der Waals surface area contributed by atoms with Gasteiger partial charge in [-0.3, -0.25) is 19.3 Å². The van der Waals surface area contributed by atoms with E-state index in [-0.39, 0.29) is 30.9 Å².